The van der Waals surface area contributed by atoms with Crippen LogP contribution in [-0.2, 0) is 16.2 Å². The summed E-state index contributed by atoms with van der Waals surface area (Å²) in [6, 6.07) is 12.3. The summed E-state index contributed by atoms with van der Waals surface area (Å²) in [6.07, 6.45) is -5.89. The average molecular weight is 581 g/mol. The van der Waals surface area contributed by atoms with Gasteiger partial charge in [0.15, 0.2) is 0 Å². The van der Waals surface area contributed by atoms with Crippen molar-refractivity contribution in [2.45, 2.75) is 56.3 Å². The summed E-state index contributed by atoms with van der Waals surface area (Å²) in [5.74, 6) is -3.25. The molecule has 3 aliphatic rings. The molecule has 3 fully saturated rings. The van der Waals surface area contributed by atoms with Crippen LogP contribution in [0, 0.1) is 0 Å². The van der Waals surface area contributed by atoms with E-state index in [1.165, 1.54) is 18.2 Å². The molecule has 0 spiro atoms. The van der Waals surface area contributed by atoms with Crippen LogP contribution in [0.4, 0.5) is 32.4 Å². The van der Waals surface area contributed by atoms with Gasteiger partial charge in [-0.15, -0.1) is 18.7 Å². The number of benzene rings is 2. The molecule has 2 unspecified atom stereocenters. The second-order valence-corrected chi connectivity index (χ2v) is 10.1. The Bertz CT molecular complexity index is 1410. The molecule has 1 amide bonds. The fraction of sp³-hybridized carbons (Fsp3) is 0.407. The Morgan fingerprint density at radius 2 is 1.83 bits per heavy atom. The number of halogens is 5. The Kier molecular flexibility index (Phi) is 6.98. The minimum atomic E-state index is -4.93. The van der Waals surface area contributed by atoms with E-state index in [1.807, 2.05) is 0 Å². The number of hydrogen-bond acceptors (Lipinski definition) is 8. The summed E-state index contributed by atoms with van der Waals surface area (Å²) in [5.41, 5.74) is 4.25. The molecule has 14 heteroatoms. The molecule has 1 aromatic heterocycles. The van der Waals surface area contributed by atoms with Crippen molar-refractivity contribution in [3.05, 3.63) is 65.4 Å². The number of amides is 1. The van der Waals surface area contributed by atoms with Gasteiger partial charge in [0.25, 0.3) is 5.92 Å². The molecule has 2 saturated heterocycles. The van der Waals surface area contributed by atoms with Crippen molar-refractivity contribution in [1.82, 2.24) is 16.0 Å². The number of aromatic nitrogens is 1. The molecular weight excluding hydrogens is 555 g/mol. The van der Waals surface area contributed by atoms with Crippen LogP contribution in [-0.4, -0.2) is 42.7 Å². The second-order valence-electron chi connectivity index (χ2n) is 10.1. The molecule has 9 nitrogen and oxygen atoms in total. The maximum atomic E-state index is 15.3. The topological polar surface area (TPSA) is 98.1 Å². The number of alkyl halides is 5. The number of ether oxygens (including phenoxy) is 2. The Labute approximate surface area is 230 Å². The first-order valence-corrected chi connectivity index (χ1v) is 13.0. The van der Waals surface area contributed by atoms with E-state index < -0.39 is 42.9 Å². The standard InChI is InChI=1S/C27H25F5N4O5/c28-26(29)14-36(17-9-7-16(8-10-17)24-33-25(37)41-35-24)12-11-21(26)38-13-19-22(34-40-23(19)15-5-6-15)18-3-1-2-4-20(18)39-27(30,31)32/h1-4,7-10,15,21,24,35H,5-6,11-14H2,(H,33,37). The number of carbonyl (C=O) groups excluding carboxylic acids is 1. The number of carbonyl (C=O) groups is 1. The van der Waals surface area contributed by atoms with Crippen LogP contribution in [0.3, 0.4) is 0 Å². The highest BCUT2D eigenvalue weighted by molar-refractivity contribution is 5.70. The van der Waals surface area contributed by atoms with Gasteiger partial charge >= 0.3 is 12.5 Å². The predicted octanol–water partition coefficient (Wildman–Crippen LogP) is 5.79. The van der Waals surface area contributed by atoms with Crippen molar-refractivity contribution >= 4 is 11.8 Å². The maximum Gasteiger partial charge on any atom is 0.573 e. The Morgan fingerprint density at radius 3 is 2.49 bits per heavy atom. The summed E-state index contributed by atoms with van der Waals surface area (Å²) in [4.78, 5) is 17.4. The van der Waals surface area contributed by atoms with Crippen molar-refractivity contribution in [1.29, 1.82) is 0 Å². The SMILES string of the molecule is O=C1NC(c2ccc(N3CCC(OCc4c(-c5ccccc5OC(F)(F)F)noc4C4CC4)C(F)(F)C3)cc2)NO1. The van der Waals surface area contributed by atoms with Crippen molar-refractivity contribution in [3.8, 4) is 17.0 Å². The highest BCUT2D eigenvalue weighted by Gasteiger charge is 2.46. The smallest absolute Gasteiger partial charge is 0.405 e. The number of nitrogens with zero attached hydrogens (tertiary/aromatic N) is 2. The number of nitrogens with one attached hydrogen (secondary N) is 2. The Hall–Kier alpha value is -3.91. The lowest BCUT2D eigenvalue weighted by molar-refractivity contribution is -0.274. The van der Waals surface area contributed by atoms with Gasteiger partial charge < -0.3 is 23.7 Å². The molecule has 2 aromatic carbocycles. The van der Waals surface area contributed by atoms with E-state index in [2.05, 4.69) is 25.5 Å². The van der Waals surface area contributed by atoms with Crippen LogP contribution in [0.5, 0.6) is 5.75 Å². The lowest BCUT2D eigenvalue weighted by atomic mass is 10.0. The number of para-hydroxylation sites is 1. The van der Waals surface area contributed by atoms with Gasteiger partial charge in [-0.05, 0) is 49.1 Å². The minimum Gasteiger partial charge on any atom is -0.405 e. The zero-order valence-corrected chi connectivity index (χ0v) is 21.4. The zero-order valence-electron chi connectivity index (χ0n) is 21.4. The van der Waals surface area contributed by atoms with Crippen LogP contribution >= 0.6 is 0 Å². The molecule has 2 atom stereocenters. The zero-order chi connectivity index (χ0) is 28.8. The van der Waals surface area contributed by atoms with Crippen LogP contribution < -0.4 is 20.4 Å². The number of anilines is 1. The number of hydroxylamine groups is 1. The molecule has 41 heavy (non-hydrogen) atoms. The first kappa shape index (κ1) is 27.3. The third-order valence-electron chi connectivity index (χ3n) is 7.22. The van der Waals surface area contributed by atoms with Crippen molar-refractivity contribution in [3.63, 3.8) is 0 Å². The van der Waals surface area contributed by atoms with E-state index in [-0.39, 0.29) is 36.7 Å². The molecule has 2 N–H and O–H groups in total. The monoisotopic (exact) mass is 580 g/mol. The van der Waals surface area contributed by atoms with Crippen LogP contribution in [0.15, 0.2) is 53.1 Å². The molecule has 3 heterocycles. The molecule has 218 valence electrons. The quantitative estimate of drug-likeness (QED) is 0.323. The van der Waals surface area contributed by atoms with E-state index in [0.717, 1.165) is 18.9 Å². The van der Waals surface area contributed by atoms with E-state index in [1.54, 1.807) is 29.2 Å². The van der Waals surface area contributed by atoms with E-state index in [9.17, 15) is 18.0 Å². The largest absolute Gasteiger partial charge is 0.573 e. The minimum absolute atomic E-state index is 0.00944. The third-order valence-corrected chi connectivity index (χ3v) is 7.22. The number of hydrogen-bond donors (Lipinski definition) is 2. The highest BCUT2D eigenvalue weighted by atomic mass is 19.4. The molecule has 6 rings (SSSR count). The first-order chi connectivity index (χ1) is 19.6. The highest BCUT2D eigenvalue weighted by Crippen LogP contribution is 2.46. The fourth-order valence-electron chi connectivity index (χ4n) is 5.06. The summed E-state index contributed by atoms with van der Waals surface area (Å²) < 4.78 is 85.1. The molecule has 1 saturated carbocycles. The first-order valence-electron chi connectivity index (χ1n) is 13.0. The van der Waals surface area contributed by atoms with Crippen molar-refractivity contribution in [2.75, 3.05) is 18.0 Å². The molecule has 0 bridgehead atoms. The maximum absolute atomic E-state index is 15.3. The number of rotatable bonds is 8. The molecule has 3 aromatic rings. The van der Waals surface area contributed by atoms with E-state index in [0.29, 0.717) is 22.6 Å². The van der Waals surface area contributed by atoms with Gasteiger partial charge in [0.2, 0.25) is 0 Å². The number of piperidine rings is 1. The van der Waals surface area contributed by atoms with Gasteiger partial charge in [-0.3, -0.25) is 5.32 Å². The molecule has 1 aliphatic carbocycles. The van der Waals surface area contributed by atoms with E-state index >= 15 is 8.78 Å². The molecule has 2 aliphatic heterocycles. The Balaban J connectivity index is 1.16. The van der Waals surface area contributed by atoms with Gasteiger partial charge in [0, 0.05) is 29.3 Å². The second kappa shape index (κ2) is 10.5. The van der Waals surface area contributed by atoms with E-state index in [4.69, 9.17) is 9.26 Å². The lowest BCUT2D eigenvalue weighted by Gasteiger charge is -2.39. The summed E-state index contributed by atoms with van der Waals surface area (Å²) in [7, 11) is 0. The average Bonchev–Trinajstić information content (AvgIpc) is 3.54. The third kappa shape index (κ3) is 5.93. The summed E-state index contributed by atoms with van der Waals surface area (Å²) >= 11 is 0. The molecule has 0 radical (unpaired) electrons. The van der Waals surface area contributed by atoms with Gasteiger partial charge in [0.05, 0.1) is 13.2 Å². The predicted molar refractivity (Wildman–Crippen MR) is 133 cm³/mol. The summed E-state index contributed by atoms with van der Waals surface area (Å²) in [6.45, 7) is -0.607. The fourth-order valence-corrected chi connectivity index (χ4v) is 5.06. The van der Waals surface area contributed by atoms with Gasteiger partial charge in [0.1, 0.15) is 29.5 Å². The Morgan fingerprint density at radius 1 is 1.07 bits per heavy atom. The van der Waals surface area contributed by atoms with Crippen LogP contribution in [0.25, 0.3) is 11.3 Å². The lowest BCUT2D eigenvalue weighted by Crippen LogP contribution is -2.52. The summed E-state index contributed by atoms with van der Waals surface area (Å²) in [5, 5.41) is 6.56. The normalized spacial score (nSPS) is 22.4. The van der Waals surface area contributed by atoms with Crippen molar-refractivity contribution in [2.24, 2.45) is 0 Å². The van der Waals surface area contributed by atoms with Crippen LogP contribution in [0.2, 0.25) is 0 Å². The van der Waals surface area contributed by atoms with Crippen LogP contribution in [0.1, 0.15) is 48.2 Å². The van der Waals surface area contributed by atoms with Crippen molar-refractivity contribution < 1.29 is 45.6 Å². The van der Waals surface area contributed by atoms with Gasteiger partial charge in [-0.2, -0.15) is 0 Å². The van der Waals surface area contributed by atoms with Gasteiger partial charge in [-0.1, -0.05) is 29.4 Å². The van der Waals surface area contributed by atoms with Gasteiger partial charge in [-0.25, -0.2) is 13.6 Å². The molecular formula is C27H25F5N4O5.